The fourth-order valence-corrected chi connectivity index (χ4v) is 2.67. The Morgan fingerprint density at radius 2 is 2.00 bits per heavy atom. The summed E-state index contributed by atoms with van der Waals surface area (Å²) < 4.78 is 5.55. The van der Waals surface area contributed by atoms with Gasteiger partial charge < -0.3 is 15.0 Å². The molecule has 0 aliphatic carbocycles. The fourth-order valence-electron chi connectivity index (χ4n) is 2.67. The second kappa shape index (κ2) is 5.68. The first-order valence-corrected chi connectivity index (χ1v) is 7.40. The first kappa shape index (κ1) is 13.8. The summed E-state index contributed by atoms with van der Waals surface area (Å²) in [7, 11) is 4.13. The second-order valence-corrected chi connectivity index (χ2v) is 5.79. The van der Waals surface area contributed by atoms with Crippen molar-refractivity contribution in [1.29, 1.82) is 0 Å². The average Bonchev–Trinajstić information content (AvgIpc) is 2.93. The highest BCUT2D eigenvalue weighted by molar-refractivity contribution is 5.60. The predicted molar refractivity (Wildman–Crippen MR) is 88.5 cm³/mol. The van der Waals surface area contributed by atoms with Crippen LogP contribution in [0.15, 0.2) is 36.4 Å². The van der Waals surface area contributed by atoms with Gasteiger partial charge >= 0.3 is 0 Å². The van der Waals surface area contributed by atoms with Crippen molar-refractivity contribution in [2.24, 2.45) is 0 Å². The summed E-state index contributed by atoms with van der Waals surface area (Å²) >= 11 is 0. The van der Waals surface area contributed by atoms with Gasteiger partial charge in [0.15, 0.2) is 0 Å². The van der Waals surface area contributed by atoms with E-state index in [0.717, 1.165) is 25.3 Å². The highest BCUT2D eigenvalue weighted by Crippen LogP contribution is 2.27. The van der Waals surface area contributed by atoms with Gasteiger partial charge in [0, 0.05) is 38.4 Å². The maximum atomic E-state index is 5.55. The normalized spacial score (nSPS) is 12.7. The van der Waals surface area contributed by atoms with Gasteiger partial charge in [-0.2, -0.15) is 0 Å². The van der Waals surface area contributed by atoms with Crippen molar-refractivity contribution >= 4 is 11.4 Å². The molecule has 0 atom stereocenters. The van der Waals surface area contributed by atoms with Crippen LogP contribution in [0.3, 0.4) is 0 Å². The first-order valence-electron chi connectivity index (χ1n) is 7.40. The van der Waals surface area contributed by atoms with E-state index in [4.69, 9.17) is 4.74 Å². The molecular weight excluding hydrogens is 260 g/mol. The van der Waals surface area contributed by atoms with E-state index in [1.807, 2.05) is 0 Å². The minimum Gasteiger partial charge on any atom is -0.493 e. The maximum absolute atomic E-state index is 5.55. The molecule has 0 saturated heterocycles. The maximum Gasteiger partial charge on any atom is 0.122 e. The largest absolute Gasteiger partial charge is 0.493 e. The molecule has 3 rings (SSSR count). The molecule has 2 aromatic carbocycles. The van der Waals surface area contributed by atoms with Gasteiger partial charge in [0.2, 0.25) is 0 Å². The molecule has 0 fully saturated rings. The van der Waals surface area contributed by atoms with Crippen molar-refractivity contribution in [1.82, 2.24) is 0 Å². The second-order valence-electron chi connectivity index (χ2n) is 5.79. The molecule has 0 saturated carbocycles. The van der Waals surface area contributed by atoms with Crippen LogP contribution in [0.2, 0.25) is 0 Å². The number of hydrogen-bond donors (Lipinski definition) is 1. The Bertz CT molecular complexity index is 650. The molecule has 2 aromatic rings. The highest BCUT2D eigenvalue weighted by atomic mass is 16.5. The first-order chi connectivity index (χ1) is 10.1. The summed E-state index contributed by atoms with van der Waals surface area (Å²) in [6.07, 6.45) is 1.03. The molecule has 3 heteroatoms. The number of rotatable bonds is 4. The van der Waals surface area contributed by atoms with E-state index < -0.39 is 0 Å². The van der Waals surface area contributed by atoms with Crippen molar-refractivity contribution in [3.05, 3.63) is 53.1 Å². The van der Waals surface area contributed by atoms with E-state index in [-0.39, 0.29) is 0 Å². The van der Waals surface area contributed by atoms with Gasteiger partial charge in [-0.25, -0.2) is 0 Å². The molecule has 0 bridgehead atoms. The van der Waals surface area contributed by atoms with Crippen LogP contribution >= 0.6 is 0 Å². The molecule has 3 nitrogen and oxygen atoms in total. The van der Waals surface area contributed by atoms with Crippen LogP contribution in [0.5, 0.6) is 5.75 Å². The van der Waals surface area contributed by atoms with Gasteiger partial charge in [0.25, 0.3) is 0 Å². The van der Waals surface area contributed by atoms with Crippen molar-refractivity contribution in [2.75, 3.05) is 30.9 Å². The molecule has 1 heterocycles. The van der Waals surface area contributed by atoms with Gasteiger partial charge in [-0.3, -0.25) is 0 Å². The van der Waals surface area contributed by atoms with Gasteiger partial charge in [-0.1, -0.05) is 12.1 Å². The fraction of sp³-hybridized carbons (Fsp3) is 0.333. The van der Waals surface area contributed by atoms with Crippen molar-refractivity contribution in [3.8, 4) is 5.75 Å². The molecule has 1 N–H and O–H groups in total. The Kier molecular flexibility index (Phi) is 3.74. The molecule has 21 heavy (non-hydrogen) atoms. The SMILES string of the molecule is Cc1cc(N(C)C)ccc1NCc1ccc2c(c1)CCO2. The Morgan fingerprint density at radius 3 is 2.76 bits per heavy atom. The standard InChI is InChI=1S/C18H22N2O/c1-13-10-16(20(2)3)5-6-17(13)19-12-14-4-7-18-15(11-14)8-9-21-18/h4-7,10-11,19H,8-9,12H2,1-3H3. The molecule has 0 spiro atoms. The third-order valence-corrected chi connectivity index (χ3v) is 3.96. The summed E-state index contributed by atoms with van der Waals surface area (Å²) in [6, 6.07) is 13.0. The van der Waals surface area contributed by atoms with E-state index in [0.29, 0.717) is 0 Å². The molecule has 0 amide bonds. The zero-order chi connectivity index (χ0) is 14.8. The molecule has 1 aliphatic heterocycles. The lowest BCUT2D eigenvalue weighted by Gasteiger charge is -2.16. The number of anilines is 2. The van der Waals surface area contributed by atoms with Gasteiger partial charge in [-0.05, 0) is 47.9 Å². The summed E-state index contributed by atoms with van der Waals surface area (Å²) in [5.41, 5.74) is 6.32. The minimum absolute atomic E-state index is 0.817. The minimum atomic E-state index is 0.817. The average molecular weight is 282 g/mol. The lowest BCUT2D eigenvalue weighted by atomic mass is 10.1. The Labute approximate surface area is 126 Å². The van der Waals surface area contributed by atoms with Crippen LogP contribution in [-0.4, -0.2) is 20.7 Å². The van der Waals surface area contributed by atoms with Crippen molar-refractivity contribution in [2.45, 2.75) is 19.9 Å². The lowest BCUT2D eigenvalue weighted by Crippen LogP contribution is -2.09. The van der Waals surface area contributed by atoms with Crippen LogP contribution in [0.1, 0.15) is 16.7 Å². The molecule has 0 radical (unpaired) electrons. The van der Waals surface area contributed by atoms with Gasteiger partial charge in [0.1, 0.15) is 5.75 Å². The molecule has 1 aliphatic rings. The van der Waals surface area contributed by atoms with E-state index in [1.54, 1.807) is 0 Å². The Balaban J connectivity index is 1.70. The Hall–Kier alpha value is -2.16. The van der Waals surface area contributed by atoms with E-state index in [2.05, 4.69) is 67.6 Å². The molecule has 0 unspecified atom stereocenters. The van der Waals surface area contributed by atoms with E-state index in [1.165, 1.54) is 28.1 Å². The third kappa shape index (κ3) is 2.97. The predicted octanol–water partition coefficient (Wildman–Crippen LogP) is 3.61. The zero-order valence-corrected chi connectivity index (χ0v) is 12.9. The van der Waals surface area contributed by atoms with Crippen LogP contribution in [0, 0.1) is 6.92 Å². The Morgan fingerprint density at radius 1 is 1.14 bits per heavy atom. The number of nitrogens with one attached hydrogen (secondary N) is 1. The number of aryl methyl sites for hydroxylation is 1. The summed E-state index contributed by atoms with van der Waals surface area (Å²) in [5.74, 6) is 1.05. The molecular formula is C18H22N2O. The van der Waals surface area contributed by atoms with E-state index in [9.17, 15) is 0 Å². The summed E-state index contributed by atoms with van der Waals surface area (Å²) in [5, 5.41) is 3.53. The molecule has 110 valence electrons. The lowest BCUT2D eigenvalue weighted by molar-refractivity contribution is 0.357. The number of ether oxygens (including phenoxy) is 1. The van der Waals surface area contributed by atoms with E-state index >= 15 is 0 Å². The quantitative estimate of drug-likeness (QED) is 0.927. The topological polar surface area (TPSA) is 24.5 Å². The van der Waals surface area contributed by atoms with Crippen LogP contribution in [0.4, 0.5) is 11.4 Å². The monoisotopic (exact) mass is 282 g/mol. The zero-order valence-electron chi connectivity index (χ0n) is 12.9. The van der Waals surface area contributed by atoms with Crippen LogP contribution < -0.4 is 15.0 Å². The van der Waals surface area contributed by atoms with Crippen LogP contribution in [-0.2, 0) is 13.0 Å². The third-order valence-electron chi connectivity index (χ3n) is 3.96. The summed E-state index contributed by atoms with van der Waals surface area (Å²) in [4.78, 5) is 2.12. The highest BCUT2D eigenvalue weighted by Gasteiger charge is 2.11. The van der Waals surface area contributed by atoms with Crippen molar-refractivity contribution < 1.29 is 4.74 Å². The number of benzene rings is 2. The van der Waals surface area contributed by atoms with Gasteiger partial charge in [-0.15, -0.1) is 0 Å². The van der Waals surface area contributed by atoms with Gasteiger partial charge in [0.05, 0.1) is 6.61 Å². The smallest absolute Gasteiger partial charge is 0.122 e. The van der Waals surface area contributed by atoms with Crippen molar-refractivity contribution in [3.63, 3.8) is 0 Å². The number of fused-ring (bicyclic) bond motifs is 1. The van der Waals surface area contributed by atoms with Crippen LogP contribution in [0.25, 0.3) is 0 Å². The number of nitrogens with zero attached hydrogens (tertiary/aromatic N) is 1. The number of hydrogen-bond acceptors (Lipinski definition) is 3. The summed E-state index contributed by atoms with van der Waals surface area (Å²) in [6.45, 7) is 3.80. The molecule has 0 aromatic heterocycles.